The van der Waals surface area contributed by atoms with Crippen LogP contribution in [0.5, 0.6) is 0 Å². The van der Waals surface area contributed by atoms with Crippen LogP contribution in [-0.4, -0.2) is 14.8 Å². The van der Waals surface area contributed by atoms with E-state index >= 15 is 0 Å². The molecule has 0 saturated heterocycles. The summed E-state index contributed by atoms with van der Waals surface area (Å²) in [5, 5.41) is 3.68. The minimum atomic E-state index is -0.365. The molecular weight excluding hydrogens is 148 g/mol. The van der Waals surface area contributed by atoms with Crippen molar-refractivity contribution in [3.63, 3.8) is 0 Å². The summed E-state index contributed by atoms with van der Waals surface area (Å²) in [6, 6.07) is 0. The maximum absolute atomic E-state index is 11.1. The van der Waals surface area contributed by atoms with Gasteiger partial charge in [-0.3, -0.25) is 4.79 Å². The van der Waals surface area contributed by atoms with Crippen molar-refractivity contribution in [1.29, 1.82) is 0 Å². The monoisotopic (exact) mass is 152 g/mol. The van der Waals surface area contributed by atoms with Crippen molar-refractivity contribution in [1.82, 2.24) is 14.8 Å². The molecule has 0 atom stereocenters. The van der Waals surface area contributed by atoms with Crippen molar-refractivity contribution >= 4 is 11.1 Å². The van der Waals surface area contributed by atoms with Crippen LogP contribution in [0, 0.1) is 0 Å². The van der Waals surface area contributed by atoms with Crippen LogP contribution in [0.1, 0.15) is 0 Å². The van der Waals surface area contributed by atoms with Crippen LogP contribution in [0.15, 0.2) is 21.8 Å². The highest BCUT2D eigenvalue weighted by atomic mass is 16.5. The van der Waals surface area contributed by atoms with Crippen LogP contribution in [0.2, 0.25) is 0 Å². The summed E-state index contributed by atoms with van der Waals surface area (Å²) in [5.74, 6) is 5.22. The number of hydrogen-bond donors (Lipinski definition) is 1. The molecule has 0 aromatic carbocycles. The highest BCUT2D eigenvalue weighted by Crippen LogP contribution is 2.01. The van der Waals surface area contributed by atoms with E-state index in [-0.39, 0.29) is 16.7 Å². The maximum atomic E-state index is 11.1. The van der Waals surface area contributed by atoms with E-state index in [0.717, 1.165) is 4.68 Å². The zero-order valence-corrected chi connectivity index (χ0v) is 5.39. The van der Waals surface area contributed by atoms with Gasteiger partial charge in [-0.2, -0.15) is 4.98 Å². The van der Waals surface area contributed by atoms with Gasteiger partial charge < -0.3 is 10.4 Å². The van der Waals surface area contributed by atoms with Gasteiger partial charge in [-0.05, 0) is 0 Å². The predicted molar refractivity (Wildman–Crippen MR) is 36.2 cm³/mol. The molecule has 0 aliphatic rings. The Kier molecular flexibility index (Phi) is 0.974. The number of fused-ring (bicyclic) bond motifs is 1. The first kappa shape index (κ1) is 5.90. The van der Waals surface area contributed by atoms with E-state index in [2.05, 4.69) is 14.7 Å². The largest absolute Gasteiger partial charge is 0.336 e. The van der Waals surface area contributed by atoms with Gasteiger partial charge in [0.1, 0.15) is 11.7 Å². The fourth-order valence-electron chi connectivity index (χ4n) is 0.779. The lowest BCUT2D eigenvalue weighted by Crippen LogP contribution is -2.26. The van der Waals surface area contributed by atoms with E-state index in [1.165, 1.54) is 12.5 Å². The SMILES string of the molecule is Nn1cnc2oncc2c1=O. The van der Waals surface area contributed by atoms with Crippen LogP contribution < -0.4 is 11.4 Å². The molecule has 6 nitrogen and oxygen atoms in total. The lowest BCUT2D eigenvalue weighted by Gasteiger charge is -1.91. The topological polar surface area (TPSA) is 86.9 Å². The van der Waals surface area contributed by atoms with Crippen molar-refractivity contribution in [2.45, 2.75) is 0 Å². The molecule has 0 aliphatic carbocycles. The summed E-state index contributed by atoms with van der Waals surface area (Å²) in [5.41, 5.74) is -0.159. The van der Waals surface area contributed by atoms with Crippen LogP contribution >= 0.6 is 0 Å². The van der Waals surface area contributed by atoms with Gasteiger partial charge in [-0.25, -0.2) is 4.68 Å². The van der Waals surface area contributed by atoms with Gasteiger partial charge in [0.25, 0.3) is 11.3 Å². The van der Waals surface area contributed by atoms with E-state index in [4.69, 9.17) is 5.84 Å². The van der Waals surface area contributed by atoms with Gasteiger partial charge in [-0.1, -0.05) is 5.16 Å². The normalized spacial score (nSPS) is 10.5. The number of nitrogens with zero attached hydrogens (tertiary/aromatic N) is 3. The Morgan fingerprint density at radius 1 is 1.64 bits per heavy atom. The van der Waals surface area contributed by atoms with E-state index < -0.39 is 0 Å². The minimum Gasteiger partial charge on any atom is -0.336 e. The lowest BCUT2D eigenvalue weighted by molar-refractivity contribution is 0.448. The molecular formula is C5H4N4O2. The van der Waals surface area contributed by atoms with E-state index in [1.807, 2.05) is 0 Å². The molecule has 11 heavy (non-hydrogen) atoms. The van der Waals surface area contributed by atoms with E-state index in [9.17, 15) is 4.79 Å². The third-order valence-electron chi connectivity index (χ3n) is 1.32. The van der Waals surface area contributed by atoms with Crippen molar-refractivity contribution in [3.05, 3.63) is 22.9 Å². The molecule has 56 valence electrons. The highest BCUT2D eigenvalue weighted by Gasteiger charge is 2.04. The second-order valence-electron chi connectivity index (χ2n) is 2.00. The molecule has 0 bridgehead atoms. The average molecular weight is 152 g/mol. The first-order valence-corrected chi connectivity index (χ1v) is 2.86. The summed E-state index contributed by atoms with van der Waals surface area (Å²) in [6.45, 7) is 0. The number of nitrogens with two attached hydrogens (primary N) is 1. The maximum Gasteiger partial charge on any atom is 0.284 e. The van der Waals surface area contributed by atoms with E-state index in [1.54, 1.807) is 0 Å². The summed E-state index contributed by atoms with van der Waals surface area (Å²) in [6.07, 6.45) is 2.46. The molecule has 2 N–H and O–H groups in total. The third-order valence-corrected chi connectivity index (χ3v) is 1.32. The van der Waals surface area contributed by atoms with Gasteiger partial charge in [-0.15, -0.1) is 0 Å². The predicted octanol–water partition coefficient (Wildman–Crippen LogP) is -0.902. The van der Waals surface area contributed by atoms with E-state index in [0.29, 0.717) is 0 Å². The molecule has 2 heterocycles. The summed E-state index contributed by atoms with van der Waals surface area (Å²) in [4.78, 5) is 14.8. The third kappa shape index (κ3) is 0.689. The van der Waals surface area contributed by atoms with Crippen LogP contribution in [0.3, 0.4) is 0 Å². The molecule has 6 heteroatoms. The summed E-state index contributed by atoms with van der Waals surface area (Å²) < 4.78 is 5.50. The van der Waals surface area contributed by atoms with Gasteiger partial charge in [0.2, 0.25) is 0 Å². The molecule has 2 aromatic rings. The first-order valence-electron chi connectivity index (χ1n) is 2.86. The molecule has 0 saturated carbocycles. The van der Waals surface area contributed by atoms with Gasteiger partial charge >= 0.3 is 0 Å². The second kappa shape index (κ2) is 1.82. The summed E-state index contributed by atoms with van der Waals surface area (Å²) in [7, 11) is 0. The van der Waals surface area contributed by atoms with Gasteiger partial charge in [0.15, 0.2) is 0 Å². The molecule has 0 fully saturated rings. The van der Waals surface area contributed by atoms with Crippen molar-refractivity contribution in [2.75, 3.05) is 5.84 Å². The van der Waals surface area contributed by atoms with Crippen LogP contribution in [0.4, 0.5) is 0 Å². The number of rotatable bonds is 0. The van der Waals surface area contributed by atoms with Crippen LogP contribution in [-0.2, 0) is 0 Å². The number of aromatic nitrogens is 3. The quantitative estimate of drug-likeness (QED) is 0.494. The zero-order valence-electron chi connectivity index (χ0n) is 5.39. The van der Waals surface area contributed by atoms with Crippen molar-refractivity contribution in [3.8, 4) is 0 Å². The van der Waals surface area contributed by atoms with Crippen LogP contribution in [0.25, 0.3) is 11.1 Å². The molecule has 0 radical (unpaired) electrons. The first-order chi connectivity index (χ1) is 5.29. The second-order valence-corrected chi connectivity index (χ2v) is 2.00. The Bertz CT molecular complexity index is 443. The van der Waals surface area contributed by atoms with Crippen molar-refractivity contribution < 1.29 is 4.52 Å². The number of hydrogen-bond acceptors (Lipinski definition) is 5. The molecule has 0 spiro atoms. The molecule has 0 aliphatic heterocycles. The van der Waals surface area contributed by atoms with Gasteiger partial charge in [0.05, 0.1) is 6.20 Å². The Balaban J connectivity index is 3.05. The molecule has 0 amide bonds. The highest BCUT2D eigenvalue weighted by molar-refractivity contribution is 5.69. The molecule has 2 rings (SSSR count). The molecule has 2 aromatic heterocycles. The summed E-state index contributed by atoms with van der Waals surface area (Å²) >= 11 is 0. The Morgan fingerprint density at radius 2 is 2.45 bits per heavy atom. The number of nitrogen functional groups attached to an aromatic ring is 1. The average Bonchev–Trinajstić information content (AvgIpc) is 2.45. The van der Waals surface area contributed by atoms with Crippen molar-refractivity contribution in [2.24, 2.45) is 0 Å². The smallest absolute Gasteiger partial charge is 0.284 e. The Labute approximate surface area is 60.2 Å². The minimum absolute atomic E-state index is 0.205. The van der Waals surface area contributed by atoms with Gasteiger partial charge in [0, 0.05) is 0 Å². The standard InChI is InChI=1S/C5H4N4O2/c6-9-2-7-4-3(5(9)10)1-8-11-4/h1-2H,6H2. The molecule has 0 unspecified atom stereocenters. The zero-order chi connectivity index (χ0) is 7.84. The fraction of sp³-hybridized carbons (Fsp3) is 0. The Morgan fingerprint density at radius 3 is 3.27 bits per heavy atom. The lowest BCUT2D eigenvalue weighted by atomic mass is 10.4. The fourth-order valence-corrected chi connectivity index (χ4v) is 0.779. The Hall–Kier alpha value is -1.85.